The van der Waals surface area contributed by atoms with Crippen molar-refractivity contribution in [2.45, 2.75) is 65.0 Å². The first kappa shape index (κ1) is 12.7. The number of hydrogen-bond donors (Lipinski definition) is 1. The Bertz CT molecular complexity index is 357. The summed E-state index contributed by atoms with van der Waals surface area (Å²) < 4.78 is 2.28. The van der Waals surface area contributed by atoms with Gasteiger partial charge < -0.3 is 9.88 Å². The van der Waals surface area contributed by atoms with Crippen LogP contribution in [0.3, 0.4) is 0 Å². The lowest BCUT2D eigenvalue weighted by Crippen LogP contribution is -2.28. The van der Waals surface area contributed by atoms with Gasteiger partial charge in [-0.25, -0.2) is 0 Å². The molecular weight excluding hydrogens is 208 g/mol. The molecule has 0 aliphatic heterocycles. The molecule has 1 fully saturated rings. The second kappa shape index (κ2) is 5.72. The number of nitrogens with zero attached hydrogens (tertiary/aromatic N) is 1. The summed E-state index contributed by atoms with van der Waals surface area (Å²) in [6, 6.07) is 3.07. The summed E-state index contributed by atoms with van der Waals surface area (Å²) in [5.74, 6) is 0. The van der Waals surface area contributed by atoms with Gasteiger partial charge in [-0.05, 0) is 38.3 Å². The highest BCUT2D eigenvalue weighted by Gasteiger charge is 2.12. The molecule has 96 valence electrons. The van der Waals surface area contributed by atoms with Gasteiger partial charge in [0.25, 0.3) is 0 Å². The van der Waals surface area contributed by atoms with Crippen LogP contribution < -0.4 is 5.32 Å². The number of rotatable bonds is 3. The number of aryl methyl sites for hydroxylation is 1. The minimum Gasteiger partial charge on any atom is -0.352 e. The molecule has 0 saturated heterocycles. The van der Waals surface area contributed by atoms with Crippen LogP contribution in [0.2, 0.25) is 0 Å². The van der Waals surface area contributed by atoms with Crippen LogP contribution in [0.15, 0.2) is 6.07 Å². The maximum Gasteiger partial charge on any atom is 0.0225 e. The molecule has 1 heterocycles. The molecular formula is C15H26N2. The van der Waals surface area contributed by atoms with Crippen molar-refractivity contribution in [1.82, 2.24) is 9.88 Å². The van der Waals surface area contributed by atoms with Gasteiger partial charge in [0, 0.05) is 31.0 Å². The Morgan fingerprint density at radius 1 is 1.18 bits per heavy atom. The van der Waals surface area contributed by atoms with E-state index in [0.717, 1.165) is 12.6 Å². The summed E-state index contributed by atoms with van der Waals surface area (Å²) in [4.78, 5) is 0. The van der Waals surface area contributed by atoms with Gasteiger partial charge in [0.1, 0.15) is 0 Å². The highest BCUT2D eigenvalue weighted by Crippen LogP contribution is 2.19. The zero-order chi connectivity index (χ0) is 12.3. The van der Waals surface area contributed by atoms with Crippen molar-refractivity contribution in [1.29, 1.82) is 0 Å². The quantitative estimate of drug-likeness (QED) is 0.793. The van der Waals surface area contributed by atoms with E-state index in [4.69, 9.17) is 0 Å². The Kier molecular flexibility index (Phi) is 4.27. The molecule has 0 bridgehead atoms. The summed E-state index contributed by atoms with van der Waals surface area (Å²) >= 11 is 0. The van der Waals surface area contributed by atoms with E-state index in [0.29, 0.717) is 0 Å². The maximum atomic E-state index is 3.75. The molecule has 1 saturated carbocycles. The fraction of sp³-hybridized carbons (Fsp3) is 0.733. The highest BCUT2D eigenvalue weighted by atomic mass is 15.0. The number of nitrogens with one attached hydrogen (secondary N) is 1. The van der Waals surface area contributed by atoms with E-state index in [1.54, 1.807) is 0 Å². The predicted octanol–water partition coefficient (Wildman–Crippen LogP) is 3.45. The molecule has 1 aliphatic rings. The number of hydrogen-bond acceptors (Lipinski definition) is 1. The third kappa shape index (κ3) is 3.12. The second-order valence-electron chi connectivity index (χ2n) is 5.52. The predicted molar refractivity (Wildman–Crippen MR) is 73.2 cm³/mol. The molecule has 0 aromatic carbocycles. The van der Waals surface area contributed by atoms with Gasteiger partial charge in [-0.2, -0.15) is 0 Å². The van der Waals surface area contributed by atoms with Gasteiger partial charge in [0.05, 0.1) is 0 Å². The summed E-state index contributed by atoms with van der Waals surface area (Å²) in [7, 11) is 2.15. The van der Waals surface area contributed by atoms with Gasteiger partial charge in [-0.15, -0.1) is 0 Å². The van der Waals surface area contributed by atoms with Gasteiger partial charge >= 0.3 is 0 Å². The van der Waals surface area contributed by atoms with Crippen LogP contribution >= 0.6 is 0 Å². The van der Waals surface area contributed by atoms with Crippen molar-refractivity contribution in [2.75, 3.05) is 0 Å². The van der Waals surface area contributed by atoms with Gasteiger partial charge in [0.2, 0.25) is 0 Å². The standard InChI is InChI=1S/C15H26N2/c1-12-10-14(13(2)17(12)3)11-16-15-8-6-4-5-7-9-15/h10,15-16H,4-9,11H2,1-3H3. The molecule has 2 heteroatoms. The van der Waals surface area contributed by atoms with Crippen molar-refractivity contribution in [3.05, 3.63) is 23.0 Å². The van der Waals surface area contributed by atoms with Crippen molar-refractivity contribution in [3.8, 4) is 0 Å². The molecule has 0 spiro atoms. The minimum absolute atomic E-state index is 0.748. The molecule has 2 rings (SSSR count). The molecule has 1 aromatic heterocycles. The molecule has 0 amide bonds. The van der Waals surface area contributed by atoms with Crippen molar-refractivity contribution >= 4 is 0 Å². The van der Waals surface area contributed by atoms with Crippen molar-refractivity contribution < 1.29 is 0 Å². The average molecular weight is 234 g/mol. The smallest absolute Gasteiger partial charge is 0.0225 e. The van der Waals surface area contributed by atoms with Crippen molar-refractivity contribution in [2.24, 2.45) is 7.05 Å². The van der Waals surface area contributed by atoms with E-state index >= 15 is 0 Å². The van der Waals surface area contributed by atoms with E-state index in [-0.39, 0.29) is 0 Å². The third-order valence-electron chi connectivity index (χ3n) is 4.32. The van der Waals surface area contributed by atoms with E-state index in [1.807, 2.05) is 0 Å². The molecule has 0 atom stereocenters. The fourth-order valence-electron chi connectivity index (χ4n) is 2.85. The lowest BCUT2D eigenvalue weighted by Gasteiger charge is -2.16. The van der Waals surface area contributed by atoms with E-state index in [9.17, 15) is 0 Å². The second-order valence-corrected chi connectivity index (χ2v) is 5.52. The maximum absolute atomic E-state index is 3.75. The normalized spacial score (nSPS) is 18.3. The zero-order valence-electron chi connectivity index (χ0n) is 11.6. The van der Waals surface area contributed by atoms with Crippen LogP contribution in [-0.2, 0) is 13.6 Å². The first-order valence-corrected chi connectivity index (χ1v) is 7.03. The van der Waals surface area contributed by atoms with E-state index in [2.05, 4.69) is 36.8 Å². The van der Waals surface area contributed by atoms with Crippen LogP contribution in [0.1, 0.15) is 55.5 Å². The van der Waals surface area contributed by atoms with Gasteiger partial charge in [-0.1, -0.05) is 25.7 Å². The first-order valence-electron chi connectivity index (χ1n) is 7.03. The molecule has 0 radical (unpaired) electrons. The summed E-state index contributed by atoms with van der Waals surface area (Å²) in [5.41, 5.74) is 4.23. The fourth-order valence-corrected chi connectivity index (χ4v) is 2.85. The van der Waals surface area contributed by atoms with Crippen LogP contribution in [0.4, 0.5) is 0 Å². The third-order valence-corrected chi connectivity index (χ3v) is 4.32. The SMILES string of the molecule is Cc1cc(CNC2CCCCCC2)c(C)n1C. The van der Waals surface area contributed by atoms with E-state index in [1.165, 1.54) is 55.5 Å². The highest BCUT2D eigenvalue weighted by molar-refractivity contribution is 5.26. The summed E-state index contributed by atoms with van der Waals surface area (Å²) in [6.07, 6.45) is 8.41. The largest absolute Gasteiger partial charge is 0.352 e. The van der Waals surface area contributed by atoms with E-state index < -0.39 is 0 Å². The Balaban J connectivity index is 1.90. The van der Waals surface area contributed by atoms with Gasteiger partial charge in [0.15, 0.2) is 0 Å². The Morgan fingerprint density at radius 3 is 2.35 bits per heavy atom. The van der Waals surface area contributed by atoms with Crippen LogP contribution in [0, 0.1) is 13.8 Å². The zero-order valence-corrected chi connectivity index (χ0v) is 11.6. The number of aromatic nitrogens is 1. The minimum atomic E-state index is 0.748. The molecule has 1 N–H and O–H groups in total. The lowest BCUT2D eigenvalue weighted by molar-refractivity contribution is 0.458. The molecule has 1 aliphatic carbocycles. The molecule has 0 unspecified atom stereocenters. The monoisotopic (exact) mass is 234 g/mol. The first-order chi connectivity index (χ1) is 8.18. The van der Waals surface area contributed by atoms with Crippen LogP contribution in [0.5, 0.6) is 0 Å². The molecule has 17 heavy (non-hydrogen) atoms. The Hall–Kier alpha value is -0.760. The van der Waals surface area contributed by atoms with Crippen LogP contribution in [0.25, 0.3) is 0 Å². The topological polar surface area (TPSA) is 17.0 Å². The molecule has 2 nitrogen and oxygen atoms in total. The van der Waals surface area contributed by atoms with Gasteiger partial charge in [-0.3, -0.25) is 0 Å². The summed E-state index contributed by atoms with van der Waals surface area (Å²) in [6.45, 7) is 5.44. The summed E-state index contributed by atoms with van der Waals surface area (Å²) in [5, 5.41) is 3.75. The Morgan fingerprint density at radius 2 is 1.82 bits per heavy atom. The van der Waals surface area contributed by atoms with Crippen molar-refractivity contribution in [3.63, 3.8) is 0 Å². The average Bonchev–Trinajstić information content (AvgIpc) is 2.56. The molecule has 1 aromatic rings. The van der Waals surface area contributed by atoms with Crippen LogP contribution in [-0.4, -0.2) is 10.6 Å². The Labute approximate surface area is 105 Å². The lowest BCUT2D eigenvalue weighted by atomic mass is 10.1.